The second-order valence-corrected chi connectivity index (χ2v) is 3.52. The number of allylic oxidation sites excluding steroid dienone is 1. The van der Waals surface area contributed by atoms with Gasteiger partial charge in [-0.25, -0.2) is 4.79 Å². The van der Waals surface area contributed by atoms with Crippen molar-refractivity contribution in [1.82, 2.24) is 0 Å². The number of ether oxygens (including phenoxy) is 1. The molecule has 0 heterocycles. The van der Waals surface area contributed by atoms with Gasteiger partial charge >= 0.3 is 12.1 Å². The Balaban J connectivity index is 3.21. The second-order valence-electron chi connectivity index (χ2n) is 3.09. The van der Waals surface area contributed by atoms with E-state index in [1.807, 2.05) is 0 Å². The summed E-state index contributed by atoms with van der Waals surface area (Å²) in [4.78, 5) is 10.9. The van der Waals surface area contributed by atoms with Crippen molar-refractivity contribution in [2.75, 3.05) is 7.11 Å². The van der Waals surface area contributed by atoms with E-state index in [0.29, 0.717) is 11.1 Å². The quantitative estimate of drug-likeness (QED) is 0.604. The van der Waals surface area contributed by atoms with Crippen LogP contribution < -0.4 is 0 Å². The van der Waals surface area contributed by atoms with E-state index in [-0.39, 0.29) is 5.56 Å². The maximum Gasteiger partial charge on any atom is 0.417 e. The minimum absolute atomic E-state index is 0.146. The fraction of sp³-hybridized carbons (Fsp3) is 0.182. The molecule has 0 aliphatic rings. The molecule has 6 heteroatoms. The average Bonchev–Trinajstić information content (AvgIpc) is 2.25. The van der Waals surface area contributed by atoms with Crippen molar-refractivity contribution in [2.24, 2.45) is 0 Å². The third kappa shape index (κ3) is 3.78. The molecule has 0 aliphatic carbocycles. The van der Waals surface area contributed by atoms with E-state index in [1.165, 1.54) is 24.3 Å². The Hall–Kier alpha value is -1.49. The van der Waals surface area contributed by atoms with Crippen LogP contribution in [0.4, 0.5) is 13.2 Å². The van der Waals surface area contributed by atoms with Gasteiger partial charge in [-0.3, -0.25) is 0 Å². The third-order valence-corrected chi connectivity index (χ3v) is 2.18. The normalized spacial score (nSPS) is 12.4. The highest BCUT2D eigenvalue weighted by atomic mass is 35.5. The second kappa shape index (κ2) is 5.23. The molecule has 0 aromatic heterocycles. The number of halogens is 4. The molecule has 0 spiro atoms. The Kier molecular flexibility index (Phi) is 4.17. The van der Waals surface area contributed by atoms with E-state index in [4.69, 9.17) is 11.6 Å². The summed E-state index contributed by atoms with van der Waals surface area (Å²) < 4.78 is 42.3. The number of carbonyl (C=O) groups is 1. The van der Waals surface area contributed by atoms with Crippen LogP contribution in [-0.2, 0) is 9.53 Å². The van der Waals surface area contributed by atoms with Gasteiger partial charge in [0.15, 0.2) is 0 Å². The molecule has 0 atom stereocenters. The van der Waals surface area contributed by atoms with Crippen LogP contribution in [0.2, 0.25) is 5.02 Å². The highest BCUT2D eigenvalue weighted by molar-refractivity contribution is 6.30. The summed E-state index contributed by atoms with van der Waals surface area (Å²) in [7, 11) is 1.01. The van der Waals surface area contributed by atoms with E-state index in [9.17, 15) is 18.0 Å². The lowest BCUT2D eigenvalue weighted by Gasteiger charge is -2.11. The van der Waals surface area contributed by atoms with Gasteiger partial charge in [-0.15, -0.1) is 0 Å². The number of hydrogen-bond acceptors (Lipinski definition) is 2. The zero-order valence-corrected chi connectivity index (χ0v) is 9.47. The van der Waals surface area contributed by atoms with Gasteiger partial charge in [0.1, 0.15) is 0 Å². The Bertz CT molecular complexity index is 435. The highest BCUT2D eigenvalue weighted by Crippen LogP contribution is 2.34. The van der Waals surface area contributed by atoms with Crippen LogP contribution in [-0.4, -0.2) is 19.3 Å². The first-order valence-corrected chi connectivity index (χ1v) is 4.85. The molecule has 1 aromatic carbocycles. The Morgan fingerprint density at radius 2 is 1.82 bits per heavy atom. The van der Waals surface area contributed by atoms with Crippen LogP contribution in [0.25, 0.3) is 5.57 Å². The smallest absolute Gasteiger partial charge is 0.417 e. The summed E-state index contributed by atoms with van der Waals surface area (Å²) in [6, 6.07) is 5.00. The Morgan fingerprint density at radius 3 is 2.24 bits per heavy atom. The fourth-order valence-corrected chi connectivity index (χ4v) is 1.26. The van der Waals surface area contributed by atoms with E-state index in [0.717, 1.165) is 7.11 Å². The molecule has 0 radical (unpaired) electrons. The zero-order valence-electron chi connectivity index (χ0n) is 8.72. The Morgan fingerprint density at radius 1 is 1.29 bits per heavy atom. The van der Waals surface area contributed by atoms with Crippen LogP contribution in [0.5, 0.6) is 0 Å². The van der Waals surface area contributed by atoms with Crippen LogP contribution in [0.15, 0.2) is 30.3 Å². The number of benzene rings is 1. The number of alkyl halides is 3. The highest BCUT2D eigenvalue weighted by Gasteiger charge is 2.35. The van der Waals surface area contributed by atoms with Crippen molar-refractivity contribution < 1.29 is 22.7 Å². The molecule has 1 aromatic rings. The van der Waals surface area contributed by atoms with Crippen molar-refractivity contribution in [2.45, 2.75) is 6.18 Å². The van der Waals surface area contributed by atoms with Gasteiger partial charge in [0.05, 0.1) is 12.7 Å². The number of rotatable bonds is 2. The van der Waals surface area contributed by atoms with Gasteiger partial charge < -0.3 is 4.74 Å². The minimum atomic E-state index is -4.64. The molecule has 0 unspecified atom stereocenters. The maximum absolute atomic E-state index is 12.7. The predicted octanol–water partition coefficient (Wildman–Crippen LogP) is 3.46. The van der Waals surface area contributed by atoms with Crippen molar-refractivity contribution in [3.8, 4) is 0 Å². The molecule has 0 bridgehead atoms. The van der Waals surface area contributed by atoms with Crippen molar-refractivity contribution in [3.63, 3.8) is 0 Å². The largest absolute Gasteiger partial charge is 0.466 e. The molecule has 0 aliphatic heterocycles. The number of esters is 1. The first-order chi connectivity index (χ1) is 7.84. The van der Waals surface area contributed by atoms with Gasteiger partial charge in [-0.2, -0.15) is 13.2 Å². The molecule has 0 N–H and O–H groups in total. The van der Waals surface area contributed by atoms with Crippen LogP contribution in [0.1, 0.15) is 5.56 Å². The zero-order chi connectivity index (χ0) is 13.1. The molecule has 92 valence electrons. The number of hydrogen-bond donors (Lipinski definition) is 0. The van der Waals surface area contributed by atoms with E-state index < -0.39 is 17.7 Å². The molecule has 0 fully saturated rings. The topological polar surface area (TPSA) is 26.3 Å². The summed E-state index contributed by atoms with van der Waals surface area (Å²) in [5.41, 5.74) is -1.21. The summed E-state index contributed by atoms with van der Waals surface area (Å²) >= 11 is 5.57. The summed E-state index contributed by atoms with van der Waals surface area (Å²) in [5.74, 6) is -1.06. The van der Waals surface area contributed by atoms with Gasteiger partial charge in [-0.05, 0) is 17.7 Å². The van der Waals surface area contributed by atoms with E-state index >= 15 is 0 Å². The van der Waals surface area contributed by atoms with Gasteiger partial charge in [0, 0.05) is 11.1 Å². The van der Waals surface area contributed by atoms with Gasteiger partial charge in [-0.1, -0.05) is 23.7 Å². The SMILES string of the molecule is COC(=O)C=C(c1ccc(Cl)cc1)C(F)(F)F. The lowest BCUT2D eigenvalue weighted by molar-refractivity contribution is -0.135. The van der Waals surface area contributed by atoms with Gasteiger partial charge in [0.25, 0.3) is 0 Å². The monoisotopic (exact) mass is 264 g/mol. The molecule has 17 heavy (non-hydrogen) atoms. The van der Waals surface area contributed by atoms with Gasteiger partial charge in [0.2, 0.25) is 0 Å². The molecular weight excluding hydrogens is 257 g/mol. The first-order valence-electron chi connectivity index (χ1n) is 4.47. The standard InChI is InChI=1S/C11H8ClF3O2/c1-17-10(16)6-9(11(13,14)15)7-2-4-8(12)5-3-7/h2-6H,1H3. The lowest BCUT2D eigenvalue weighted by atomic mass is 10.1. The number of methoxy groups -OCH3 is 1. The first kappa shape index (κ1) is 13.6. The van der Waals surface area contributed by atoms with Crippen LogP contribution in [0, 0.1) is 0 Å². The molecule has 2 nitrogen and oxygen atoms in total. The van der Waals surface area contributed by atoms with Crippen LogP contribution in [0.3, 0.4) is 0 Å². The predicted molar refractivity (Wildman–Crippen MR) is 57.5 cm³/mol. The minimum Gasteiger partial charge on any atom is -0.466 e. The summed E-state index contributed by atoms with van der Waals surface area (Å²) in [6.45, 7) is 0. The molecule has 0 amide bonds. The molecule has 1 rings (SSSR count). The van der Waals surface area contributed by atoms with Crippen molar-refractivity contribution in [3.05, 3.63) is 40.9 Å². The maximum atomic E-state index is 12.7. The fourth-order valence-electron chi connectivity index (χ4n) is 1.14. The number of carbonyl (C=O) groups excluding carboxylic acids is 1. The average molecular weight is 265 g/mol. The van der Waals surface area contributed by atoms with E-state index in [2.05, 4.69) is 4.74 Å². The van der Waals surface area contributed by atoms with E-state index in [1.54, 1.807) is 0 Å². The summed E-state index contributed by atoms with van der Waals surface area (Å²) in [6.07, 6.45) is -4.23. The molecule has 0 saturated carbocycles. The van der Waals surface area contributed by atoms with Crippen molar-refractivity contribution in [1.29, 1.82) is 0 Å². The molecular formula is C11H8ClF3O2. The third-order valence-electron chi connectivity index (χ3n) is 1.92. The van der Waals surface area contributed by atoms with Crippen molar-refractivity contribution >= 4 is 23.1 Å². The summed E-state index contributed by atoms with van der Waals surface area (Å²) in [5, 5.41) is 0.313. The lowest BCUT2D eigenvalue weighted by Crippen LogP contribution is -2.13. The molecule has 0 saturated heterocycles. The Labute approximate surface area is 101 Å². The van der Waals surface area contributed by atoms with Crippen LogP contribution >= 0.6 is 11.6 Å².